The number of thioether (sulfide) groups is 1. The van der Waals surface area contributed by atoms with Gasteiger partial charge in [0, 0.05) is 11.6 Å². The summed E-state index contributed by atoms with van der Waals surface area (Å²) in [7, 11) is 0. The first-order valence-corrected chi connectivity index (χ1v) is 10.3. The van der Waals surface area contributed by atoms with E-state index in [1.807, 2.05) is 31.2 Å². The lowest BCUT2D eigenvalue weighted by Crippen LogP contribution is -2.29. The number of nitrogens with zero attached hydrogens (tertiary/aromatic N) is 2. The second kappa shape index (κ2) is 8.45. The van der Waals surface area contributed by atoms with Gasteiger partial charge < -0.3 is 5.11 Å². The van der Waals surface area contributed by atoms with Gasteiger partial charge in [0.1, 0.15) is 5.75 Å². The number of phenols is 1. The standard InChI is InChI=1S/C19H16ClIN2O2S/c1-2-9-23-18(25)17(11-12-3-8-16(24)15(21)10-12)26-19(23)22-14-6-4-13(20)5-7-14/h3-8,10-11,24H,2,9H2,1H3/b17-11-,22-19?. The van der Waals surface area contributed by atoms with E-state index in [-0.39, 0.29) is 11.7 Å². The molecule has 7 heteroatoms. The highest BCUT2D eigenvalue weighted by Crippen LogP contribution is 2.35. The molecule has 2 aromatic rings. The van der Waals surface area contributed by atoms with Gasteiger partial charge in [0.15, 0.2) is 5.17 Å². The van der Waals surface area contributed by atoms with Crippen LogP contribution in [0, 0.1) is 3.57 Å². The van der Waals surface area contributed by atoms with E-state index in [4.69, 9.17) is 11.6 Å². The molecule has 0 radical (unpaired) electrons. The monoisotopic (exact) mass is 498 g/mol. The van der Waals surface area contributed by atoms with Crippen LogP contribution in [0.3, 0.4) is 0 Å². The van der Waals surface area contributed by atoms with Gasteiger partial charge in [-0.3, -0.25) is 9.69 Å². The highest BCUT2D eigenvalue weighted by atomic mass is 127. The van der Waals surface area contributed by atoms with Crippen molar-refractivity contribution in [3.8, 4) is 5.75 Å². The smallest absolute Gasteiger partial charge is 0.266 e. The zero-order chi connectivity index (χ0) is 18.7. The van der Waals surface area contributed by atoms with E-state index in [9.17, 15) is 9.90 Å². The molecule has 0 aliphatic carbocycles. The zero-order valence-corrected chi connectivity index (χ0v) is 17.7. The Morgan fingerprint density at radius 1 is 1.27 bits per heavy atom. The van der Waals surface area contributed by atoms with E-state index in [0.29, 0.717) is 21.6 Å². The van der Waals surface area contributed by atoms with E-state index in [1.54, 1.807) is 29.2 Å². The minimum atomic E-state index is -0.0485. The van der Waals surface area contributed by atoms with Crippen molar-refractivity contribution < 1.29 is 9.90 Å². The van der Waals surface area contributed by atoms with Crippen LogP contribution in [0.5, 0.6) is 5.75 Å². The fraction of sp³-hybridized carbons (Fsp3) is 0.158. The van der Waals surface area contributed by atoms with Gasteiger partial charge in [0.25, 0.3) is 5.91 Å². The van der Waals surface area contributed by atoms with Crippen molar-refractivity contribution in [2.45, 2.75) is 13.3 Å². The molecule has 134 valence electrons. The molecule has 1 saturated heterocycles. The van der Waals surface area contributed by atoms with Crippen LogP contribution in [0.4, 0.5) is 5.69 Å². The first-order valence-electron chi connectivity index (χ1n) is 8.02. The average Bonchev–Trinajstić information content (AvgIpc) is 2.89. The molecule has 1 amide bonds. The Morgan fingerprint density at radius 3 is 2.65 bits per heavy atom. The molecule has 0 saturated carbocycles. The molecule has 26 heavy (non-hydrogen) atoms. The van der Waals surface area contributed by atoms with E-state index in [2.05, 4.69) is 27.6 Å². The molecule has 0 atom stereocenters. The largest absolute Gasteiger partial charge is 0.507 e. The maximum absolute atomic E-state index is 12.8. The number of amidine groups is 1. The van der Waals surface area contributed by atoms with Crippen LogP contribution in [0.25, 0.3) is 6.08 Å². The Balaban J connectivity index is 1.93. The Kier molecular flexibility index (Phi) is 6.26. The number of amides is 1. The number of hydrogen-bond acceptors (Lipinski definition) is 4. The average molecular weight is 499 g/mol. The van der Waals surface area contributed by atoms with Gasteiger partial charge in [0.2, 0.25) is 0 Å². The van der Waals surface area contributed by atoms with Crippen LogP contribution < -0.4 is 0 Å². The molecule has 3 rings (SSSR count). The van der Waals surface area contributed by atoms with E-state index in [0.717, 1.165) is 21.2 Å². The number of rotatable bonds is 4. The van der Waals surface area contributed by atoms with Gasteiger partial charge >= 0.3 is 0 Å². The van der Waals surface area contributed by atoms with Gasteiger partial charge in [-0.15, -0.1) is 0 Å². The molecule has 2 aromatic carbocycles. The molecule has 1 heterocycles. The summed E-state index contributed by atoms with van der Waals surface area (Å²) in [4.78, 5) is 19.7. The lowest BCUT2D eigenvalue weighted by Gasteiger charge is -2.13. The van der Waals surface area contributed by atoms with Crippen molar-refractivity contribution in [2.24, 2.45) is 4.99 Å². The highest BCUT2D eigenvalue weighted by molar-refractivity contribution is 14.1. The summed E-state index contributed by atoms with van der Waals surface area (Å²) in [5.41, 5.74) is 1.62. The first-order chi connectivity index (χ1) is 12.5. The number of carbonyl (C=O) groups excluding carboxylic acids is 1. The maximum Gasteiger partial charge on any atom is 0.266 e. The Hall–Kier alpha value is -1.51. The van der Waals surface area contributed by atoms with Gasteiger partial charge in [-0.25, -0.2) is 4.99 Å². The third kappa shape index (κ3) is 4.42. The molecule has 0 aromatic heterocycles. The summed E-state index contributed by atoms with van der Waals surface area (Å²) in [6, 6.07) is 12.5. The summed E-state index contributed by atoms with van der Waals surface area (Å²) in [6.45, 7) is 2.64. The van der Waals surface area contributed by atoms with Crippen LogP contribution in [0.15, 0.2) is 52.4 Å². The summed E-state index contributed by atoms with van der Waals surface area (Å²) >= 11 is 9.35. The molecular formula is C19H16ClIN2O2S. The minimum absolute atomic E-state index is 0.0485. The van der Waals surface area contributed by atoms with Crippen molar-refractivity contribution >= 4 is 68.8 Å². The molecule has 0 spiro atoms. The van der Waals surface area contributed by atoms with E-state index < -0.39 is 0 Å². The van der Waals surface area contributed by atoms with Gasteiger partial charge in [0.05, 0.1) is 14.2 Å². The Bertz CT molecular complexity index is 897. The molecule has 1 fully saturated rings. The summed E-state index contributed by atoms with van der Waals surface area (Å²) in [6.07, 6.45) is 2.68. The minimum Gasteiger partial charge on any atom is -0.507 e. The number of carbonyl (C=O) groups is 1. The number of phenolic OH excluding ortho intramolecular Hbond substituents is 1. The summed E-state index contributed by atoms with van der Waals surface area (Å²) in [5.74, 6) is 0.184. The molecule has 4 nitrogen and oxygen atoms in total. The van der Waals surface area contributed by atoms with Gasteiger partial charge in [-0.2, -0.15) is 0 Å². The summed E-state index contributed by atoms with van der Waals surface area (Å²) in [5, 5.41) is 11.0. The van der Waals surface area contributed by atoms with Crippen LogP contribution in [-0.2, 0) is 4.79 Å². The predicted octanol–water partition coefficient (Wildman–Crippen LogP) is 5.66. The molecule has 1 aliphatic heterocycles. The quantitative estimate of drug-likeness (QED) is 0.437. The predicted molar refractivity (Wildman–Crippen MR) is 117 cm³/mol. The number of aromatic hydroxyl groups is 1. The van der Waals surface area contributed by atoms with Crippen molar-refractivity contribution in [3.63, 3.8) is 0 Å². The zero-order valence-electron chi connectivity index (χ0n) is 13.9. The second-order valence-corrected chi connectivity index (χ2v) is 8.26. The van der Waals surface area contributed by atoms with Crippen molar-refractivity contribution in [2.75, 3.05) is 6.54 Å². The molecule has 0 bridgehead atoms. The number of aliphatic imine (C=N–C) groups is 1. The van der Waals surface area contributed by atoms with Crippen LogP contribution in [0.2, 0.25) is 5.02 Å². The van der Waals surface area contributed by atoms with Crippen LogP contribution >= 0.6 is 46.0 Å². The molecule has 1 N–H and O–H groups in total. The van der Waals surface area contributed by atoms with Crippen molar-refractivity contribution in [1.82, 2.24) is 4.90 Å². The molecular weight excluding hydrogens is 483 g/mol. The maximum atomic E-state index is 12.8. The fourth-order valence-electron chi connectivity index (χ4n) is 2.40. The second-order valence-electron chi connectivity index (χ2n) is 5.65. The van der Waals surface area contributed by atoms with E-state index in [1.165, 1.54) is 11.8 Å². The number of hydrogen-bond donors (Lipinski definition) is 1. The highest BCUT2D eigenvalue weighted by Gasteiger charge is 2.32. The van der Waals surface area contributed by atoms with E-state index >= 15 is 0 Å². The van der Waals surface area contributed by atoms with Gasteiger partial charge in [-0.1, -0.05) is 24.6 Å². The third-order valence-corrected chi connectivity index (χ3v) is 5.78. The topological polar surface area (TPSA) is 52.9 Å². The lowest BCUT2D eigenvalue weighted by molar-refractivity contribution is -0.122. The summed E-state index contributed by atoms with van der Waals surface area (Å²) < 4.78 is 0.743. The Labute approximate surface area is 175 Å². The number of benzene rings is 2. The normalized spacial score (nSPS) is 17.5. The Morgan fingerprint density at radius 2 is 2.00 bits per heavy atom. The molecule has 0 unspecified atom stereocenters. The van der Waals surface area contributed by atoms with Crippen molar-refractivity contribution in [1.29, 1.82) is 0 Å². The SMILES string of the molecule is CCCN1C(=O)/C(=C/c2ccc(O)c(I)c2)SC1=Nc1ccc(Cl)cc1. The first kappa shape index (κ1) is 19.3. The van der Waals surface area contributed by atoms with Gasteiger partial charge in [-0.05, 0) is 88.8 Å². The fourth-order valence-corrected chi connectivity index (χ4v) is 4.09. The third-order valence-electron chi connectivity index (χ3n) is 3.66. The van der Waals surface area contributed by atoms with Crippen LogP contribution in [0.1, 0.15) is 18.9 Å². The van der Waals surface area contributed by atoms with Crippen LogP contribution in [-0.4, -0.2) is 27.6 Å². The lowest BCUT2D eigenvalue weighted by atomic mass is 10.2. The van der Waals surface area contributed by atoms with Crippen molar-refractivity contribution in [3.05, 3.63) is 61.5 Å². The molecule has 1 aliphatic rings. The number of halogens is 2.